The van der Waals surface area contributed by atoms with E-state index in [0.29, 0.717) is 0 Å². The van der Waals surface area contributed by atoms with Gasteiger partial charge in [0.15, 0.2) is 0 Å². The summed E-state index contributed by atoms with van der Waals surface area (Å²) in [6.07, 6.45) is 4.30. The van der Waals surface area contributed by atoms with Crippen LogP contribution in [0.25, 0.3) is 22.0 Å². The second-order valence-corrected chi connectivity index (χ2v) is 11.5. The van der Waals surface area contributed by atoms with Crippen LogP contribution in [0.1, 0.15) is 61.1 Å². The monoisotopic (exact) mass is 431 g/mol. The maximum Gasteiger partial charge on any atom is 0.0705 e. The molecule has 0 radical (unpaired) electrons. The van der Waals surface area contributed by atoms with Crippen molar-refractivity contribution in [2.75, 3.05) is 0 Å². The number of hydrogen-bond acceptors (Lipinski definition) is 1. The van der Waals surface area contributed by atoms with Crippen LogP contribution in [-0.2, 0) is 23.7 Å². The summed E-state index contributed by atoms with van der Waals surface area (Å²) < 4.78 is 0. The van der Waals surface area contributed by atoms with E-state index in [4.69, 9.17) is 4.98 Å². The zero-order valence-corrected chi connectivity index (χ0v) is 20.7. The highest BCUT2D eigenvalue weighted by molar-refractivity contribution is 5.92. The summed E-state index contributed by atoms with van der Waals surface area (Å²) in [6.45, 7) is 14.3. The maximum atomic E-state index is 4.77. The standard InChI is InChI=1S/C32H33N/c1-20-15-28(33-19-21(20)2)23-12-11-22-13-14-27-29(26(22)16-23)31(5,6)32(30(27,3)4)17-24-9-7-8-10-25(24)18-32/h7-16,19H,17-18H2,1-6H3. The molecule has 2 aliphatic carbocycles. The molecule has 0 saturated carbocycles. The van der Waals surface area contributed by atoms with E-state index >= 15 is 0 Å². The van der Waals surface area contributed by atoms with Gasteiger partial charge in [-0.25, -0.2) is 0 Å². The summed E-state index contributed by atoms with van der Waals surface area (Å²) in [6, 6.07) is 23.0. The second-order valence-electron chi connectivity index (χ2n) is 11.5. The van der Waals surface area contributed by atoms with E-state index < -0.39 is 0 Å². The van der Waals surface area contributed by atoms with Crippen LogP contribution >= 0.6 is 0 Å². The zero-order valence-electron chi connectivity index (χ0n) is 20.7. The number of aryl methyl sites for hydroxylation is 2. The van der Waals surface area contributed by atoms with Crippen molar-refractivity contribution in [3.05, 3.63) is 100 Å². The average molecular weight is 432 g/mol. The molecule has 0 fully saturated rings. The van der Waals surface area contributed by atoms with Gasteiger partial charge in [-0.3, -0.25) is 4.98 Å². The first kappa shape index (κ1) is 20.7. The molecule has 166 valence electrons. The largest absolute Gasteiger partial charge is 0.256 e. The van der Waals surface area contributed by atoms with Crippen LogP contribution in [0.5, 0.6) is 0 Å². The summed E-state index contributed by atoms with van der Waals surface area (Å²) in [7, 11) is 0. The predicted molar refractivity (Wildman–Crippen MR) is 139 cm³/mol. The Morgan fingerprint density at radius 1 is 0.727 bits per heavy atom. The molecule has 33 heavy (non-hydrogen) atoms. The van der Waals surface area contributed by atoms with E-state index in [2.05, 4.69) is 102 Å². The second kappa shape index (κ2) is 6.56. The van der Waals surface area contributed by atoms with Crippen LogP contribution in [0.2, 0.25) is 0 Å². The lowest BCUT2D eigenvalue weighted by Gasteiger charge is -2.48. The molecule has 1 aromatic heterocycles. The topological polar surface area (TPSA) is 12.9 Å². The first-order valence-electron chi connectivity index (χ1n) is 12.2. The highest BCUT2D eigenvalue weighted by Crippen LogP contribution is 2.67. The molecule has 2 aliphatic rings. The van der Waals surface area contributed by atoms with Gasteiger partial charge in [-0.2, -0.15) is 0 Å². The van der Waals surface area contributed by atoms with Gasteiger partial charge >= 0.3 is 0 Å². The van der Waals surface area contributed by atoms with Gasteiger partial charge in [0.1, 0.15) is 0 Å². The third-order valence-electron chi connectivity index (χ3n) is 9.48. The number of pyridine rings is 1. The molecule has 0 bridgehead atoms. The van der Waals surface area contributed by atoms with Crippen LogP contribution in [0, 0.1) is 19.3 Å². The van der Waals surface area contributed by atoms with Crippen LogP contribution in [0.4, 0.5) is 0 Å². The van der Waals surface area contributed by atoms with Crippen molar-refractivity contribution in [3.63, 3.8) is 0 Å². The lowest BCUT2D eigenvalue weighted by atomic mass is 9.55. The van der Waals surface area contributed by atoms with E-state index in [1.54, 1.807) is 5.56 Å². The van der Waals surface area contributed by atoms with Crippen molar-refractivity contribution in [2.24, 2.45) is 5.41 Å². The molecular weight excluding hydrogens is 398 g/mol. The summed E-state index contributed by atoms with van der Waals surface area (Å²) >= 11 is 0. The van der Waals surface area contributed by atoms with Gasteiger partial charge in [0.05, 0.1) is 5.69 Å². The number of hydrogen-bond donors (Lipinski definition) is 0. The Morgan fingerprint density at radius 3 is 2.06 bits per heavy atom. The van der Waals surface area contributed by atoms with Crippen LogP contribution < -0.4 is 0 Å². The van der Waals surface area contributed by atoms with E-state index in [1.165, 1.54) is 44.2 Å². The van der Waals surface area contributed by atoms with Crippen molar-refractivity contribution >= 4 is 10.8 Å². The lowest BCUT2D eigenvalue weighted by Crippen LogP contribution is -2.48. The molecule has 6 rings (SSSR count). The number of nitrogens with zero attached hydrogens (tertiary/aromatic N) is 1. The van der Waals surface area contributed by atoms with Gasteiger partial charge in [-0.1, -0.05) is 76.2 Å². The number of aromatic nitrogens is 1. The van der Waals surface area contributed by atoms with Gasteiger partial charge < -0.3 is 0 Å². The highest BCUT2D eigenvalue weighted by Gasteiger charge is 2.64. The third-order valence-corrected chi connectivity index (χ3v) is 9.48. The molecule has 0 unspecified atom stereocenters. The molecule has 0 saturated heterocycles. The fraction of sp³-hybridized carbons (Fsp3) is 0.344. The Bertz CT molecular complexity index is 1410. The van der Waals surface area contributed by atoms with Crippen LogP contribution in [0.15, 0.2) is 66.9 Å². The molecule has 1 spiro atoms. The molecule has 4 aromatic rings. The number of fused-ring (bicyclic) bond motifs is 4. The van der Waals surface area contributed by atoms with Gasteiger partial charge in [0.25, 0.3) is 0 Å². The van der Waals surface area contributed by atoms with Crippen molar-refractivity contribution in [1.29, 1.82) is 0 Å². The third kappa shape index (κ3) is 2.57. The van der Waals surface area contributed by atoms with E-state index in [1.807, 2.05) is 6.20 Å². The summed E-state index contributed by atoms with van der Waals surface area (Å²) in [5.74, 6) is 0. The average Bonchev–Trinajstić information content (AvgIpc) is 3.26. The zero-order chi connectivity index (χ0) is 23.2. The van der Waals surface area contributed by atoms with E-state index in [0.717, 1.165) is 18.5 Å². The molecule has 3 aromatic carbocycles. The minimum absolute atomic E-state index is 0.0552. The van der Waals surface area contributed by atoms with Gasteiger partial charge in [0.2, 0.25) is 0 Å². The number of benzene rings is 3. The molecule has 1 nitrogen and oxygen atoms in total. The Kier molecular flexibility index (Phi) is 4.11. The Balaban J connectivity index is 1.59. The first-order valence-corrected chi connectivity index (χ1v) is 12.2. The molecule has 0 amide bonds. The molecular formula is C32H33N. The first-order chi connectivity index (χ1) is 15.7. The fourth-order valence-electron chi connectivity index (χ4n) is 7.23. The molecule has 0 aliphatic heterocycles. The predicted octanol–water partition coefficient (Wildman–Crippen LogP) is 7.87. The van der Waals surface area contributed by atoms with E-state index in [-0.39, 0.29) is 16.2 Å². The van der Waals surface area contributed by atoms with Crippen LogP contribution in [0.3, 0.4) is 0 Å². The minimum Gasteiger partial charge on any atom is -0.256 e. The minimum atomic E-state index is 0.0552. The number of rotatable bonds is 1. The molecule has 1 heteroatoms. The van der Waals surface area contributed by atoms with E-state index in [9.17, 15) is 0 Å². The Labute approximate surface area is 197 Å². The lowest BCUT2D eigenvalue weighted by molar-refractivity contribution is 0.0893. The van der Waals surface area contributed by atoms with Crippen molar-refractivity contribution in [1.82, 2.24) is 4.98 Å². The van der Waals surface area contributed by atoms with Crippen LogP contribution in [-0.4, -0.2) is 4.98 Å². The van der Waals surface area contributed by atoms with Gasteiger partial charge in [-0.15, -0.1) is 0 Å². The molecule has 1 heterocycles. The Morgan fingerprint density at radius 2 is 1.39 bits per heavy atom. The summed E-state index contributed by atoms with van der Waals surface area (Å²) in [5.41, 5.74) is 11.3. The maximum absolute atomic E-state index is 4.77. The highest BCUT2D eigenvalue weighted by atomic mass is 14.7. The molecule has 0 atom stereocenters. The van der Waals surface area contributed by atoms with Crippen molar-refractivity contribution < 1.29 is 0 Å². The van der Waals surface area contributed by atoms with Crippen molar-refractivity contribution in [3.8, 4) is 11.3 Å². The smallest absolute Gasteiger partial charge is 0.0705 e. The Hall–Kier alpha value is -2.93. The normalized spacial score (nSPS) is 19.1. The fourth-order valence-corrected chi connectivity index (χ4v) is 7.23. The SMILES string of the molecule is Cc1cnc(-c2ccc3ccc4c(c3c2)C(C)(C)C2(Cc3ccccc3C2)C4(C)C)cc1C. The van der Waals surface area contributed by atoms with Gasteiger partial charge in [0, 0.05) is 11.8 Å². The summed E-state index contributed by atoms with van der Waals surface area (Å²) in [5, 5.41) is 2.73. The quantitative estimate of drug-likeness (QED) is 0.299. The van der Waals surface area contributed by atoms with Crippen molar-refractivity contribution in [2.45, 2.75) is 65.2 Å². The van der Waals surface area contributed by atoms with Gasteiger partial charge in [-0.05, 0) is 99.2 Å². The summed E-state index contributed by atoms with van der Waals surface area (Å²) in [4.78, 5) is 4.77. The molecule has 0 N–H and O–H groups in total.